The van der Waals surface area contributed by atoms with Gasteiger partial charge in [0.1, 0.15) is 5.82 Å². The number of fused-ring (bicyclic) bond motifs is 4. The maximum absolute atomic E-state index is 5.31. The Kier molecular flexibility index (Phi) is 4.15. The van der Waals surface area contributed by atoms with E-state index in [-0.39, 0.29) is 0 Å². The number of nitrogens with one attached hydrogen (secondary N) is 2. The molecule has 4 nitrogen and oxygen atoms in total. The molecule has 1 saturated heterocycles. The van der Waals surface area contributed by atoms with Crippen molar-refractivity contribution in [3.63, 3.8) is 0 Å². The number of imidazole rings is 1. The molecule has 1 saturated carbocycles. The van der Waals surface area contributed by atoms with E-state index in [9.17, 15) is 0 Å². The third-order valence-electron chi connectivity index (χ3n) is 7.53. The molecule has 1 aromatic heterocycles. The lowest BCUT2D eigenvalue weighted by atomic mass is 9.96. The predicted octanol–water partition coefficient (Wildman–Crippen LogP) is 4.54. The van der Waals surface area contributed by atoms with Crippen LogP contribution in [0.15, 0.2) is 42.5 Å². The summed E-state index contributed by atoms with van der Waals surface area (Å²) in [6.45, 7) is 4.63. The summed E-state index contributed by atoms with van der Waals surface area (Å²) in [4.78, 5) is 5.31. The number of hydrogen-bond donors (Lipinski definition) is 2. The topological polar surface area (TPSA) is 41.9 Å². The second-order valence-corrected chi connectivity index (χ2v) is 9.33. The van der Waals surface area contributed by atoms with Crippen molar-refractivity contribution in [3.05, 3.63) is 59.4 Å². The molecule has 3 aromatic rings. The summed E-state index contributed by atoms with van der Waals surface area (Å²) in [5.74, 6) is 2.83. The van der Waals surface area contributed by atoms with Crippen LogP contribution in [0.3, 0.4) is 0 Å². The van der Waals surface area contributed by atoms with E-state index in [4.69, 9.17) is 4.98 Å². The van der Waals surface area contributed by atoms with Crippen molar-refractivity contribution in [2.24, 2.45) is 11.8 Å². The van der Waals surface area contributed by atoms with Gasteiger partial charge in [-0.25, -0.2) is 4.98 Å². The molecule has 3 aliphatic rings. The maximum atomic E-state index is 5.31. The zero-order valence-electron chi connectivity index (χ0n) is 17.2. The van der Waals surface area contributed by atoms with E-state index < -0.39 is 0 Å². The monoisotopic (exact) mass is 386 g/mol. The fraction of sp³-hybridized carbons (Fsp3) is 0.480. The zero-order chi connectivity index (χ0) is 19.4. The van der Waals surface area contributed by atoms with Gasteiger partial charge in [0, 0.05) is 36.3 Å². The SMILES string of the molecule is C[C@H]1CCc2c(ccc3c2nc(Cc2ccccc2)n3[C@@H]2CC[C@H]3CNC[C@H]32)N1. The van der Waals surface area contributed by atoms with Gasteiger partial charge in [-0.1, -0.05) is 30.3 Å². The van der Waals surface area contributed by atoms with Crippen LogP contribution in [0.4, 0.5) is 5.69 Å². The Labute approximate surface area is 172 Å². The van der Waals surface area contributed by atoms with Gasteiger partial charge in [-0.15, -0.1) is 0 Å². The molecule has 2 N–H and O–H groups in total. The van der Waals surface area contributed by atoms with Crippen molar-refractivity contribution < 1.29 is 0 Å². The van der Waals surface area contributed by atoms with Gasteiger partial charge < -0.3 is 15.2 Å². The molecule has 0 spiro atoms. The van der Waals surface area contributed by atoms with Gasteiger partial charge in [0.15, 0.2) is 0 Å². The summed E-state index contributed by atoms with van der Waals surface area (Å²) in [5.41, 5.74) is 6.65. The Hall–Kier alpha value is -2.33. The highest BCUT2D eigenvalue weighted by Gasteiger charge is 2.41. The normalized spacial score (nSPS) is 28.3. The van der Waals surface area contributed by atoms with Gasteiger partial charge in [0.2, 0.25) is 0 Å². The van der Waals surface area contributed by atoms with Gasteiger partial charge in [-0.05, 0) is 68.7 Å². The van der Waals surface area contributed by atoms with Crippen LogP contribution in [0.1, 0.15) is 49.2 Å². The molecule has 3 heterocycles. The lowest BCUT2D eigenvalue weighted by Gasteiger charge is -2.25. The lowest BCUT2D eigenvalue weighted by molar-refractivity contribution is 0.370. The molecule has 0 amide bonds. The highest BCUT2D eigenvalue weighted by atomic mass is 15.1. The average molecular weight is 387 g/mol. The van der Waals surface area contributed by atoms with Gasteiger partial charge in [0.05, 0.1) is 11.0 Å². The zero-order valence-corrected chi connectivity index (χ0v) is 17.2. The number of benzene rings is 2. The van der Waals surface area contributed by atoms with Gasteiger partial charge >= 0.3 is 0 Å². The highest BCUT2D eigenvalue weighted by Crippen LogP contribution is 2.45. The summed E-state index contributed by atoms with van der Waals surface area (Å²) >= 11 is 0. The molecule has 2 aromatic carbocycles. The minimum atomic E-state index is 0.547. The van der Waals surface area contributed by atoms with Crippen LogP contribution >= 0.6 is 0 Å². The van der Waals surface area contributed by atoms with E-state index >= 15 is 0 Å². The van der Waals surface area contributed by atoms with Crippen molar-refractivity contribution in [2.75, 3.05) is 18.4 Å². The first-order valence-electron chi connectivity index (χ1n) is 11.3. The molecule has 2 aliphatic heterocycles. The van der Waals surface area contributed by atoms with E-state index in [0.717, 1.165) is 31.2 Å². The third kappa shape index (κ3) is 2.88. The molecule has 29 heavy (non-hydrogen) atoms. The number of aryl methyl sites for hydroxylation is 1. The third-order valence-corrected chi connectivity index (χ3v) is 7.53. The molecule has 2 fully saturated rings. The Morgan fingerprint density at radius 3 is 2.83 bits per heavy atom. The molecule has 1 aliphatic carbocycles. The van der Waals surface area contributed by atoms with Gasteiger partial charge in [-0.2, -0.15) is 0 Å². The van der Waals surface area contributed by atoms with Crippen LogP contribution < -0.4 is 10.6 Å². The van der Waals surface area contributed by atoms with E-state index in [1.807, 2.05) is 0 Å². The first kappa shape index (κ1) is 17.5. The van der Waals surface area contributed by atoms with Crippen molar-refractivity contribution in [2.45, 2.75) is 51.1 Å². The highest BCUT2D eigenvalue weighted by molar-refractivity contribution is 5.86. The maximum Gasteiger partial charge on any atom is 0.114 e. The van der Waals surface area contributed by atoms with Crippen molar-refractivity contribution in [1.29, 1.82) is 0 Å². The number of nitrogens with zero attached hydrogens (tertiary/aromatic N) is 2. The summed E-state index contributed by atoms with van der Waals surface area (Å²) < 4.78 is 2.64. The molecule has 150 valence electrons. The van der Waals surface area contributed by atoms with Gasteiger partial charge in [-0.3, -0.25) is 0 Å². The number of aromatic nitrogens is 2. The Morgan fingerprint density at radius 1 is 1.03 bits per heavy atom. The minimum absolute atomic E-state index is 0.547. The van der Waals surface area contributed by atoms with Crippen LogP contribution in [0, 0.1) is 11.8 Å². The first-order chi connectivity index (χ1) is 14.3. The van der Waals surface area contributed by atoms with Crippen LogP contribution in [-0.2, 0) is 12.8 Å². The standard InChI is InChI=1S/C25H30N4/c1-16-7-9-19-21(27-16)10-12-23-25(19)28-24(13-17-5-3-2-4-6-17)29(23)22-11-8-18-14-26-15-20(18)22/h2-6,10,12,16,18,20,22,26-27H,7-9,11,13-15H2,1H3/t16-,18-,20+,22+/m0/s1. The van der Waals surface area contributed by atoms with E-state index in [0.29, 0.717) is 12.1 Å². The quantitative estimate of drug-likeness (QED) is 0.694. The second-order valence-electron chi connectivity index (χ2n) is 9.33. The largest absolute Gasteiger partial charge is 0.382 e. The smallest absolute Gasteiger partial charge is 0.114 e. The van der Waals surface area contributed by atoms with Gasteiger partial charge in [0.25, 0.3) is 0 Å². The Bertz CT molecular complexity index is 1040. The van der Waals surface area contributed by atoms with E-state index in [1.165, 1.54) is 59.5 Å². The molecular weight excluding hydrogens is 356 g/mol. The average Bonchev–Trinajstić information content (AvgIpc) is 3.43. The fourth-order valence-electron chi connectivity index (χ4n) is 6.06. The summed E-state index contributed by atoms with van der Waals surface area (Å²) in [6, 6.07) is 16.6. The number of anilines is 1. The van der Waals surface area contributed by atoms with Crippen LogP contribution in [0.2, 0.25) is 0 Å². The second kappa shape index (κ2) is 6.88. The predicted molar refractivity (Wildman–Crippen MR) is 119 cm³/mol. The molecule has 6 rings (SSSR count). The summed E-state index contributed by atoms with van der Waals surface area (Å²) in [7, 11) is 0. The molecular formula is C25H30N4. The van der Waals surface area contributed by atoms with E-state index in [2.05, 4.69) is 64.6 Å². The van der Waals surface area contributed by atoms with Crippen LogP contribution in [-0.4, -0.2) is 28.7 Å². The van der Waals surface area contributed by atoms with Crippen molar-refractivity contribution >= 4 is 16.7 Å². The van der Waals surface area contributed by atoms with Crippen molar-refractivity contribution in [3.8, 4) is 0 Å². The molecule has 4 atom stereocenters. The molecule has 0 radical (unpaired) electrons. The van der Waals surface area contributed by atoms with Crippen molar-refractivity contribution in [1.82, 2.24) is 14.9 Å². The molecule has 0 unspecified atom stereocenters. The minimum Gasteiger partial charge on any atom is -0.382 e. The Morgan fingerprint density at radius 2 is 1.93 bits per heavy atom. The number of hydrogen-bond acceptors (Lipinski definition) is 3. The lowest BCUT2D eigenvalue weighted by Crippen LogP contribution is -2.22. The van der Waals surface area contributed by atoms with E-state index in [1.54, 1.807) is 0 Å². The Balaban J connectivity index is 1.51. The summed E-state index contributed by atoms with van der Waals surface area (Å²) in [5, 5.41) is 7.32. The number of rotatable bonds is 3. The molecule has 0 bridgehead atoms. The fourth-order valence-corrected chi connectivity index (χ4v) is 6.06. The van der Waals surface area contributed by atoms with Crippen LogP contribution in [0.5, 0.6) is 0 Å². The molecule has 4 heteroatoms. The summed E-state index contributed by atoms with van der Waals surface area (Å²) in [6.07, 6.45) is 5.86. The first-order valence-corrected chi connectivity index (χ1v) is 11.3. The van der Waals surface area contributed by atoms with Crippen LogP contribution in [0.25, 0.3) is 11.0 Å².